The molecule has 0 aliphatic rings. The van der Waals surface area contributed by atoms with E-state index in [4.69, 9.17) is 9.26 Å². The van der Waals surface area contributed by atoms with Crippen molar-refractivity contribution in [3.8, 4) is 0 Å². The second-order valence-electron chi connectivity index (χ2n) is 4.81. The van der Waals surface area contributed by atoms with Crippen LogP contribution in [0.2, 0.25) is 0 Å². The average molecular weight is 389 g/mol. The van der Waals surface area contributed by atoms with Crippen molar-refractivity contribution in [1.82, 2.24) is 4.67 Å². The summed E-state index contributed by atoms with van der Waals surface area (Å²) >= 11 is 0. The number of hydrogen-bond donors (Lipinski definition) is 0. The highest BCUT2D eigenvalue weighted by molar-refractivity contribution is 7.51. The van der Waals surface area contributed by atoms with Gasteiger partial charge in [-0.25, -0.2) is 13.6 Å². The summed E-state index contributed by atoms with van der Waals surface area (Å²) in [4.78, 5) is 0. The maximum absolute atomic E-state index is 13.5. The van der Waals surface area contributed by atoms with Gasteiger partial charge >= 0.3 is 13.9 Å². The lowest BCUT2D eigenvalue weighted by molar-refractivity contribution is -0.157. The Bertz CT molecular complexity index is 354. The van der Waals surface area contributed by atoms with Crippen molar-refractivity contribution in [1.29, 1.82) is 0 Å². The molecule has 0 aliphatic carbocycles. The molecule has 0 spiro atoms. The Morgan fingerprint density at radius 1 is 1.14 bits per heavy atom. The fourth-order valence-electron chi connectivity index (χ4n) is 1.37. The van der Waals surface area contributed by atoms with E-state index < -0.39 is 38.3 Å². The van der Waals surface area contributed by atoms with Crippen LogP contribution in [-0.4, -0.2) is 55.5 Å². The summed E-state index contributed by atoms with van der Waals surface area (Å²) < 4.78 is 78.5. The highest BCUT2D eigenvalue weighted by atomic mass is 31.2. The van der Waals surface area contributed by atoms with E-state index in [2.05, 4.69) is 4.52 Å². The summed E-state index contributed by atoms with van der Waals surface area (Å²) in [6, 6.07) is -0.461. The second-order valence-corrected chi connectivity index (χ2v) is 9.36. The van der Waals surface area contributed by atoms with Gasteiger partial charge in [0.15, 0.2) is 11.8 Å². The highest BCUT2D eigenvalue weighted by Crippen LogP contribution is 2.55. The first-order valence-corrected chi connectivity index (χ1v) is 8.94. The first kappa shape index (κ1) is 22.6. The van der Waals surface area contributed by atoms with Gasteiger partial charge in [0.2, 0.25) is 0 Å². The SMILES string of the molecule is COCCN(C(C)C)P(=O)(OCC(F)(F)F)OCC(F)(P)P. The third-order valence-corrected chi connectivity index (χ3v) is 4.81. The van der Waals surface area contributed by atoms with E-state index in [-0.39, 0.29) is 13.2 Å². The van der Waals surface area contributed by atoms with Crippen LogP contribution in [0.25, 0.3) is 0 Å². The Balaban J connectivity index is 5.20. The molecule has 0 N–H and O–H groups in total. The Labute approximate surface area is 132 Å². The third-order valence-electron chi connectivity index (χ3n) is 2.28. The van der Waals surface area contributed by atoms with Crippen LogP contribution in [0.3, 0.4) is 0 Å². The molecule has 0 heterocycles. The zero-order valence-electron chi connectivity index (χ0n) is 12.6. The van der Waals surface area contributed by atoms with Crippen LogP contribution < -0.4 is 0 Å². The molecule has 134 valence electrons. The molecule has 0 fully saturated rings. The molecule has 0 amide bonds. The first-order chi connectivity index (χ1) is 9.81. The van der Waals surface area contributed by atoms with Gasteiger partial charge in [-0.1, -0.05) is 18.5 Å². The topological polar surface area (TPSA) is 48.0 Å². The zero-order chi connectivity index (χ0) is 17.6. The first-order valence-electron chi connectivity index (χ1n) is 6.29. The highest BCUT2D eigenvalue weighted by Gasteiger charge is 2.41. The van der Waals surface area contributed by atoms with Crippen molar-refractivity contribution < 1.29 is 35.9 Å². The summed E-state index contributed by atoms with van der Waals surface area (Å²) in [6.45, 7) is 0.834. The van der Waals surface area contributed by atoms with Crippen LogP contribution >= 0.6 is 26.2 Å². The number of methoxy groups -OCH3 is 1. The minimum absolute atomic E-state index is 0.0102. The second kappa shape index (κ2) is 9.22. The predicted octanol–water partition coefficient (Wildman–Crippen LogP) is 3.42. The van der Waals surface area contributed by atoms with Crippen LogP contribution in [0.4, 0.5) is 17.6 Å². The van der Waals surface area contributed by atoms with E-state index in [1.807, 2.05) is 0 Å². The van der Waals surface area contributed by atoms with E-state index in [9.17, 15) is 22.1 Å². The molecule has 0 aliphatic heterocycles. The minimum atomic E-state index is -4.68. The molecule has 3 atom stereocenters. The molecular weight excluding hydrogens is 367 g/mol. The van der Waals surface area contributed by atoms with Gasteiger partial charge in [0.05, 0.1) is 13.2 Å². The van der Waals surface area contributed by atoms with Crippen molar-refractivity contribution >= 4 is 26.2 Å². The summed E-state index contributed by atoms with van der Waals surface area (Å²) in [5.41, 5.74) is 0. The van der Waals surface area contributed by atoms with Gasteiger partial charge in [0, 0.05) is 19.7 Å². The molecule has 0 bridgehead atoms. The molecule has 0 radical (unpaired) electrons. The van der Waals surface area contributed by atoms with Gasteiger partial charge in [-0.3, -0.25) is 9.05 Å². The molecule has 0 aromatic carbocycles. The standard InChI is InChI=1S/C10H22F4NO4P3/c1-8(2)15(4-5-17-3)22(16,18-6-9(11,12)13)19-7-10(14,20)21/h8H,4-7,20-21H2,1-3H3. The monoisotopic (exact) mass is 389 g/mol. The summed E-state index contributed by atoms with van der Waals surface area (Å²) in [5.74, 6) is 0. The molecule has 12 heteroatoms. The fraction of sp³-hybridized carbons (Fsp3) is 1.00. The van der Waals surface area contributed by atoms with Crippen LogP contribution in [0.15, 0.2) is 0 Å². The number of nitrogens with zero attached hydrogens (tertiary/aromatic N) is 1. The largest absolute Gasteiger partial charge is 0.412 e. The van der Waals surface area contributed by atoms with Crippen molar-refractivity contribution in [2.24, 2.45) is 0 Å². The van der Waals surface area contributed by atoms with Gasteiger partial charge in [-0.15, -0.1) is 0 Å². The molecular formula is C10H22F4NO4P3. The maximum Gasteiger partial charge on any atom is 0.412 e. The van der Waals surface area contributed by atoms with Gasteiger partial charge in [-0.05, 0) is 13.8 Å². The number of halogens is 4. The van der Waals surface area contributed by atoms with Crippen molar-refractivity contribution in [2.75, 3.05) is 33.5 Å². The van der Waals surface area contributed by atoms with Crippen LogP contribution in [0, 0.1) is 0 Å². The van der Waals surface area contributed by atoms with Crippen LogP contribution in [-0.2, 0) is 18.3 Å². The van der Waals surface area contributed by atoms with E-state index in [0.717, 1.165) is 4.67 Å². The summed E-state index contributed by atoms with van der Waals surface area (Å²) in [6.07, 6.45) is -4.68. The third kappa shape index (κ3) is 9.71. The number of ether oxygens (including phenoxy) is 1. The van der Waals surface area contributed by atoms with E-state index in [0.29, 0.717) is 0 Å². The van der Waals surface area contributed by atoms with Gasteiger partial charge in [0.25, 0.3) is 0 Å². The predicted molar refractivity (Wildman–Crippen MR) is 82.5 cm³/mol. The Kier molecular flexibility index (Phi) is 9.49. The van der Waals surface area contributed by atoms with Gasteiger partial charge < -0.3 is 4.74 Å². The fourth-order valence-corrected chi connectivity index (χ4v) is 3.75. The molecule has 0 saturated carbocycles. The normalized spacial score (nSPS) is 16.3. The van der Waals surface area contributed by atoms with Crippen molar-refractivity contribution in [2.45, 2.75) is 31.2 Å². The van der Waals surface area contributed by atoms with Crippen LogP contribution in [0.1, 0.15) is 13.8 Å². The number of alkyl halides is 4. The molecule has 3 unspecified atom stereocenters. The van der Waals surface area contributed by atoms with Gasteiger partial charge in [-0.2, -0.15) is 13.2 Å². The maximum atomic E-state index is 13.5. The van der Waals surface area contributed by atoms with Gasteiger partial charge in [0.1, 0.15) is 0 Å². The molecule has 0 saturated heterocycles. The summed E-state index contributed by atoms with van der Waals surface area (Å²) in [7, 11) is 0.599. The Hall–Kier alpha value is 0.650. The van der Waals surface area contributed by atoms with Crippen LogP contribution in [0.5, 0.6) is 0 Å². The van der Waals surface area contributed by atoms with Crippen molar-refractivity contribution in [3.05, 3.63) is 0 Å². The summed E-state index contributed by atoms with van der Waals surface area (Å²) in [5, 5.41) is -2.03. The molecule has 22 heavy (non-hydrogen) atoms. The molecule has 0 aromatic heterocycles. The Morgan fingerprint density at radius 2 is 1.64 bits per heavy atom. The van der Waals surface area contributed by atoms with E-state index >= 15 is 0 Å². The smallest absolute Gasteiger partial charge is 0.383 e. The molecule has 0 rings (SSSR count). The quantitative estimate of drug-likeness (QED) is 0.423. The lowest BCUT2D eigenvalue weighted by Crippen LogP contribution is -2.34. The van der Waals surface area contributed by atoms with E-state index in [1.54, 1.807) is 32.3 Å². The number of rotatable bonds is 10. The lowest BCUT2D eigenvalue weighted by atomic mass is 10.4. The zero-order valence-corrected chi connectivity index (χ0v) is 15.8. The lowest BCUT2D eigenvalue weighted by Gasteiger charge is -2.33. The average Bonchev–Trinajstić information content (AvgIpc) is 2.33. The minimum Gasteiger partial charge on any atom is -0.383 e. The van der Waals surface area contributed by atoms with E-state index in [1.165, 1.54) is 7.11 Å². The molecule has 5 nitrogen and oxygen atoms in total. The molecule has 0 aromatic rings. The Morgan fingerprint density at radius 3 is 2.00 bits per heavy atom. The van der Waals surface area contributed by atoms with Crippen molar-refractivity contribution in [3.63, 3.8) is 0 Å². The number of hydrogen-bond acceptors (Lipinski definition) is 4.